The van der Waals surface area contributed by atoms with E-state index in [4.69, 9.17) is 20.8 Å². The quantitative estimate of drug-likeness (QED) is 0.251. The molecule has 0 saturated heterocycles. The van der Waals surface area contributed by atoms with E-state index < -0.39 is 0 Å². The Kier molecular flexibility index (Phi) is 11.3. The lowest BCUT2D eigenvalue weighted by molar-refractivity contribution is 0.208. The number of nitrogens with zero attached hydrogens (tertiary/aromatic N) is 1. The number of nitrogens with one attached hydrogen (secondary N) is 2. The lowest BCUT2D eigenvalue weighted by Gasteiger charge is -2.12. The van der Waals surface area contributed by atoms with Gasteiger partial charge in [-0.1, -0.05) is 29.8 Å². The van der Waals surface area contributed by atoms with Gasteiger partial charge in [0.05, 0.1) is 19.4 Å². The van der Waals surface area contributed by atoms with Gasteiger partial charge in [0.1, 0.15) is 5.76 Å². The van der Waals surface area contributed by atoms with Gasteiger partial charge in [0.2, 0.25) is 0 Å². The average Bonchev–Trinajstić information content (AvgIpc) is 3.10. The number of hydrogen-bond acceptors (Lipinski definition) is 3. The van der Waals surface area contributed by atoms with E-state index in [0.717, 1.165) is 48.2 Å². The van der Waals surface area contributed by atoms with Gasteiger partial charge >= 0.3 is 0 Å². The van der Waals surface area contributed by atoms with E-state index in [1.54, 1.807) is 13.4 Å². The second-order valence-electron chi connectivity index (χ2n) is 5.25. The van der Waals surface area contributed by atoms with Crippen molar-refractivity contribution in [3.63, 3.8) is 0 Å². The van der Waals surface area contributed by atoms with Gasteiger partial charge in [0.25, 0.3) is 0 Å². The average molecular weight is 478 g/mol. The molecule has 1 aromatic carbocycles. The molecule has 2 aromatic rings. The molecule has 25 heavy (non-hydrogen) atoms. The van der Waals surface area contributed by atoms with E-state index in [1.807, 2.05) is 36.4 Å². The molecule has 0 aliphatic heterocycles. The van der Waals surface area contributed by atoms with Crippen LogP contribution in [0.15, 0.2) is 52.1 Å². The molecule has 0 fully saturated rings. The highest BCUT2D eigenvalue weighted by molar-refractivity contribution is 14.0. The number of furan rings is 1. The molecule has 0 aliphatic rings. The molecule has 2 N–H and O–H groups in total. The molecule has 0 saturated carbocycles. The first-order valence-corrected chi connectivity index (χ1v) is 8.44. The fourth-order valence-corrected chi connectivity index (χ4v) is 2.43. The third-order valence-corrected chi connectivity index (χ3v) is 3.82. The second-order valence-corrected chi connectivity index (χ2v) is 5.65. The minimum atomic E-state index is 0. The van der Waals surface area contributed by atoms with Gasteiger partial charge in [-0.2, -0.15) is 0 Å². The highest BCUT2D eigenvalue weighted by atomic mass is 127. The molecule has 0 aliphatic carbocycles. The predicted molar refractivity (Wildman–Crippen MR) is 113 cm³/mol. The van der Waals surface area contributed by atoms with Gasteiger partial charge in [-0.15, -0.1) is 24.0 Å². The zero-order chi connectivity index (χ0) is 17.0. The third-order valence-electron chi connectivity index (χ3n) is 3.45. The van der Waals surface area contributed by atoms with E-state index in [9.17, 15) is 0 Å². The lowest BCUT2D eigenvalue weighted by atomic mass is 10.1. The van der Waals surface area contributed by atoms with E-state index in [1.165, 1.54) is 0 Å². The smallest absolute Gasteiger partial charge is 0.191 e. The number of ether oxygens (including phenoxy) is 1. The van der Waals surface area contributed by atoms with E-state index in [-0.39, 0.29) is 24.0 Å². The zero-order valence-electron chi connectivity index (χ0n) is 14.3. The molecular weight excluding hydrogens is 453 g/mol. The Morgan fingerprint density at radius 3 is 2.56 bits per heavy atom. The summed E-state index contributed by atoms with van der Waals surface area (Å²) < 4.78 is 10.4. The van der Waals surface area contributed by atoms with Gasteiger partial charge in [0.15, 0.2) is 5.96 Å². The van der Waals surface area contributed by atoms with Crippen LogP contribution in [-0.2, 0) is 17.6 Å². The maximum atomic E-state index is 6.18. The van der Waals surface area contributed by atoms with Crippen LogP contribution in [0, 0.1) is 0 Å². The van der Waals surface area contributed by atoms with E-state index in [0.29, 0.717) is 13.2 Å². The van der Waals surface area contributed by atoms with Crippen LogP contribution >= 0.6 is 35.6 Å². The summed E-state index contributed by atoms with van der Waals surface area (Å²) >= 11 is 6.18. The van der Waals surface area contributed by atoms with Crippen molar-refractivity contribution >= 4 is 41.5 Å². The monoisotopic (exact) mass is 477 g/mol. The molecule has 0 radical (unpaired) electrons. The first kappa shape index (κ1) is 21.8. The highest BCUT2D eigenvalue weighted by Crippen LogP contribution is 2.14. The third kappa shape index (κ3) is 8.60. The molecule has 7 heteroatoms. The highest BCUT2D eigenvalue weighted by Gasteiger charge is 2.02. The maximum absolute atomic E-state index is 6.18. The Hall–Kier alpha value is -1.25. The Labute approximate surface area is 171 Å². The van der Waals surface area contributed by atoms with Crippen LogP contribution in [0.3, 0.4) is 0 Å². The van der Waals surface area contributed by atoms with Crippen molar-refractivity contribution in [3.8, 4) is 0 Å². The summed E-state index contributed by atoms with van der Waals surface area (Å²) in [4.78, 5) is 4.49. The summed E-state index contributed by atoms with van der Waals surface area (Å²) in [5.41, 5.74) is 1.12. The molecule has 0 amide bonds. The molecule has 2 rings (SSSR count). The van der Waals surface area contributed by atoms with Crippen molar-refractivity contribution in [1.29, 1.82) is 0 Å². The normalized spacial score (nSPS) is 11.0. The van der Waals surface area contributed by atoms with Crippen LogP contribution in [0.4, 0.5) is 0 Å². The second kappa shape index (κ2) is 13.0. The van der Waals surface area contributed by atoms with Gasteiger partial charge < -0.3 is 19.8 Å². The number of rotatable bonds is 9. The summed E-state index contributed by atoms with van der Waals surface area (Å²) in [6, 6.07) is 11.7. The number of benzene rings is 1. The van der Waals surface area contributed by atoms with E-state index in [2.05, 4.69) is 15.6 Å². The van der Waals surface area contributed by atoms with E-state index >= 15 is 0 Å². The van der Waals surface area contributed by atoms with Crippen LogP contribution in [0.25, 0.3) is 0 Å². The van der Waals surface area contributed by atoms with Crippen molar-refractivity contribution < 1.29 is 9.15 Å². The molecule has 1 heterocycles. The van der Waals surface area contributed by atoms with Crippen molar-refractivity contribution in [2.24, 2.45) is 4.99 Å². The Morgan fingerprint density at radius 2 is 1.88 bits per heavy atom. The van der Waals surface area contributed by atoms with Gasteiger partial charge in [-0.25, -0.2) is 0 Å². The summed E-state index contributed by atoms with van der Waals surface area (Å²) in [7, 11) is 1.67. The van der Waals surface area contributed by atoms with Gasteiger partial charge in [-0.3, -0.25) is 4.99 Å². The molecule has 0 bridgehead atoms. The fraction of sp³-hybridized carbons (Fsp3) is 0.389. The summed E-state index contributed by atoms with van der Waals surface area (Å²) in [6.45, 7) is 2.70. The number of halogens is 2. The molecule has 0 atom stereocenters. The van der Waals surface area contributed by atoms with Crippen molar-refractivity contribution in [1.82, 2.24) is 10.6 Å². The van der Waals surface area contributed by atoms with Crippen LogP contribution in [-0.4, -0.2) is 39.3 Å². The predicted octanol–water partition coefficient (Wildman–Crippen LogP) is 3.52. The lowest BCUT2D eigenvalue weighted by Crippen LogP contribution is -2.39. The standard InChI is InChI=1S/C18H24ClN3O2.HI/c1-23-14-12-22-18(21-11-9-16-6-4-13-24-16)20-10-8-15-5-2-3-7-17(15)19;/h2-7,13H,8-12,14H2,1H3,(H2,20,21,22);1H. The van der Waals surface area contributed by atoms with Crippen LogP contribution in [0.1, 0.15) is 11.3 Å². The van der Waals surface area contributed by atoms with Crippen molar-refractivity contribution in [2.75, 3.05) is 33.4 Å². The zero-order valence-corrected chi connectivity index (χ0v) is 17.4. The first-order valence-electron chi connectivity index (χ1n) is 8.06. The van der Waals surface area contributed by atoms with Gasteiger partial charge in [-0.05, 0) is 30.2 Å². The van der Waals surface area contributed by atoms with Crippen molar-refractivity contribution in [3.05, 3.63) is 59.0 Å². The topological polar surface area (TPSA) is 58.8 Å². The number of methoxy groups -OCH3 is 1. The fourth-order valence-electron chi connectivity index (χ4n) is 2.20. The SMILES string of the molecule is COCCN=C(NCCc1ccco1)NCCc1ccccc1Cl.I. The van der Waals surface area contributed by atoms with Crippen LogP contribution < -0.4 is 10.6 Å². The number of hydrogen-bond donors (Lipinski definition) is 2. The van der Waals surface area contributed by atoms with Gasteiger partial charge in [0, 0.05) is 31.6 Å². The Balaban J connectivity index is 0.00000312. The summed E-state index contributed by atoms with van der Waals surface area (Å²) in [6.07, 6.45) is 3.33. The maximum Gasteiger partial charge on any atom is 0.191 e. The summed E-state index contributed by atoms with van der Waals surface area (Å²) in [5, 5.41) is 7.43. The Bertz CT molecular complexity index is 621. The molecule has 1 aromatic heterocycles. The Morgan fingerprint density at radius 1 is 1.12 bits per heavy atom. The first-order chi connectivity index (χ1) is 11.8. The van der Waals surface area contributed by atoms with Crippen LogP contribution in [0.5, 0.6) is 0 Å². The molecule has 138 valence electrons. The molecule has 0 spiro atoms. The molecular formula is C18H25ClIN3O2. The minimum absolute atomic E-state index is 0. The number of guanidine groups is 1. The largest absolute Gasteiger partial charge is 0.469 e. The van der Waals surface area contributed by atoms with Crippen molar-refractivity contribution in [2.45, 2.75) is 12.8 Å². The van der Waals surface area contributed by atoms with Crippen LogP contribution in [0.2, 0.25) is 5.02 Å². The molecule has 0 unspecified atom stereocenters. The number of aliphatic imine (C=N–C) groups is 1. The summed E-state index contributed by atoms with van der Waals surface area (Å²) in [5.74, 6) is 1.72. The minimum Gasteiger partial charge on any atom is -0.469 e. The molecule has 5 nitrogen and oxygen atoms in total.